The predicted octanol–water partition coefficient (Wildman–Crippen LogP) is 11.0. The van der Waals surface area contributed by atoms with Crippen LogP contribution >= 0.6 is 0 Å². The van der Waals surface area contributed by atoms with Crippen molar-refractivity contribution in [2.45, 2.75) is 32.1 Å². The quantitative estimate of drug-likeness (QED) is 0.165. The van der Waals surface area contributed by atoms with Crippen molar-refractivity contribution in [3.8, 4) is 11.1 Å². The van der Waals surface area contributed by atoms with Gasteiger partial charge in [0, 0.05) is 57.1 Å². The van der Waals surface area contributed by atoms with Crippen LogP contribution in [0.4, 0.5) is 51.2 Å². The van der Waals surface area contributed by atoms with Crippen LogP contribution in [-0.2, 0) is 18.3 Å². The SMILES string of the molecule is CC1(C)c2cc(N(c3ccccc3)c3ccccc3)ccc2-c2cc3c(cc21)B1c2ccncc2N(c2ccc4c(c2)CC4)c2cccc(c21)N3c1ccccc1. The van der Waals surface area contributed by atoms with Crippen LogP contribution in [-0.4, -0.2) is 11.7 Å². The van der Waals surface area contributed by atoms with Crippen LogP contribution in [0.5, 0.6) is 0 Å². The summed E-state index contributed by atoms with van der Waals surface area (Å²) in [6.45, 7) is 4.86. The number of hydrogen-bond acceptors (Lipinski definition) is 4. The van der Waals surface area contributed by atoms with Gasteiger partial charge < -0.3 is 14.7 Å². The van der Waals surface area contributed by atoms with Crippen LogP contribution in [0.3, 0.4) is 0 Å². The Hall–Kier alpha value is -6.85. The molecular weight excluding hydrogens is 691 g/mol. The molecular formula is C52H39BN4. The van der Waals surface area contributed by atoms with Gasteiger partial charge >= 0.3 is 0 Å². The van der Waals surface area contributed by atoms with Gasteiger partial charge in [0.1, 0.15) is 0 Å². The van der Waals surface area contributed by atoms with E-state index in [0.717, 1.165) is 34.9 Å². The highest BCUT2D eigenvalue weighted by atomic mass is 15.2. The van der Waals surface area contributed by atoms with Crippen LogP contribution in [0.2, 0.25) is 0 Å². The molecule has 0 unspecified atom stereocenters. The van der Waals surface area contributed by atoms with E-state index in [2.05, 4.69) is 199 Å². The average Bonchev–Trinajstić information content (AvgIpc) is 3.46. The molecule has 2 aliphatic carbocycles. The number of nitrogens with zero attached hydrogens (tertiary/aromatic N) is 4. The summed E-state index contributed by atoms with van der Waals surface area (Å²) in [5.74, 6) is 0. The lowest BCUT2D eigenvalue weighted by Gasteiger charge is -2.44. The first kappa shape index (κ1) is 32.4. The van der Waals surface area contributed by atoms with Crippen molar-refractivity contribution in [1.82, 2.24) is 4.98 Å². The Balaban J connectivity index is 1.08. The second-order valence-electron chi connectivity index (χ2n) is 16.4. The third kappa shape index (κ3) is 4.66. The second kappa shape index (κ2) is 12.1. The lowest BCUT2D eigenvalue weighted by molar-refractivity contribution is 0.661. The van der Waals surface area contributed by atoms with Crippen molar-refractivity contribution >= 4 is 74.3 Å². The number of hydrogen-bond donors (Lipinski definition) is 0. The van der Waals surface area contributed by atoms with Crippen LogP contribution in [0.1, 0.15) is 36.1 Å². The van der Waals surface area contributed by atoms with E-state index in [1.54, 1.807) is 0 Å². The highest BCUT2D eigenvalue weighted by Crippen LogP contribution is 2.53. The molecule has 8 aromatic rings. The first-order valence-corrected chi connectivity index (χ1v) is 20.1. The van der Waals surface area contributed by atoms with Crippen molar-refractivity contribution in [1.29, 1.82) is 0 Å². The van der Waals surface area contributed by atoms with Gasteiger partial charge in [0.05, 0.1) is 11.9 Å². The molecule has 4 nitrogen and oxygen atoms in total. The third-order valence-corrected chi connectivity index (χ3v) is 13.0. The molecule has 5 heteroatoms. The van der Waals surface area contributed by atoms with Gasteiger partial charge in [-0.2, -0.15) is 0 Å². The summed E-state index contributed by atoms with van der Waals surface area (Å²) in [4.78, 5) is 12.1. The molecule has 1 aromatic heterocycles. The van der Waals surface area contributed by atoms with Gasteiger partial charge in [0.15, 0.2) is 0 Å². The Morgan fingerprint density at radius 1 is 0.509 bits per heavy atom. The fraction of sp³-hybridized carbons (Fsp3) is 0.0962. The third-order valence-electron chi connectivity index (χ3n) is 13.0. The molecule has 57 heavy (non-hydrogen) atoms. The minimum Gasteiger partial charge on any atom is -0.311 e. The Bertz CT molecular complexity index is 2870. The number of fused-ring (bicyclic) bond motifs is 8. The molecule has 0 saturated heterocycles. The van der Waals surface area contributed by atoms with Crippen molar-refractivity contribution in [3.63, 3.8) is 0 Å². The molecule has 3 heterocycles. The maximum Gasteiger partial charge on any atom is 0.252 e. The summed E-state index contributed by atoms with van der Waals surface area (Å²) in [7, 11) is 0. The van der Waals surface area contributed by atoms with Crippen molar-refractivity contribution in [2.24, 2.45) is 0 Å². The zero-order valence-electron chi connectivity index (χ0n) is 32.0. The smallest absolute Gasteiger partial charge is 0.252 e. The first-order chi connectivity index (χ1) is 28.0. The van der Waals surface area contributed by atoms with E-state index >= 15 is 0 Å². The number of para-hydroxylation sites is 3. The molecule has 0 atom stereocenters. The Morgan fingerprint density at radius 3 is 1.86 bits per heavy atom. The Kier molecular flexibility index (Phi) is 6.86. The fourth-order valence-corrected chi connectivity index (χ4v) is 10.2. The van der Waals surface area contributed by atoms with E-state index in [9.17, 15) is 0 Å². The van der Waals surface area contributed by atoms with Gasteiger partial charge in [-0.1, -0.05) is 92.7 Å². The molecule has 0 fully saturated rings. The maximum absolute atomic E-state index is 4.75. The van der Waals surface area contributed by atoms with Gasteiger partial charge in [0.25, 0.3) is 6.71 Å². The van der Waals surface area contributed by atoms with E-state index < -0.39 is 0 Å². The van der Waals surface area contributed by atoms with E-state index in [4.69, 9.17) is 4.98 Å². The maximum atomic E-state index is 4.75. The highest BCUT2D eigenvalue weighted by molar-refractivity contribution is 7.00. The van der Waals surface area contributed by atoms with Crippen molar-refractivity contribution in [2.75, 3.05) is 14.7 Å². The normalized spacial score (nSPS) is 14.7. The van der Waals surface area contributed by atoms with Gasteiger partial charge in [-0.15, -0.1) is 0 Å². The van der Waals surface area contributed by atoms with Crippen LogP contribution < -0.4 is 31.1 Å². The minimum absolute atomic E-state index is 0.0408. The second-order valence-corrected chi connectivity index (χ2v) is 16.4. The standard InChI is InChI=1S/C52H39BN4/c1-52(2)43-30-40(55(36-13-6-3-7-14-36)37-15-8-4-9-16-37)25-26-41(43)42-31-49-46(32-44(42)52)53-45-27-28-54-33-50(45)57(39-24-23-34-21-22-35(34)29-39)48-20-12-19-47(51(48)53)56(49)38-17-10-5-11-18-38/h3-20,23-33H,21-22H2,1-2H3. The summed E-state index contributed by atoms with van der Waals surface area (Å²) in [6.07, 6.45) is 6.37. The van der Waals surface area contributed by atoms with Gasteiger partial charge in [-0.3, -0.25) is 4.98 Å². The molecule has 4 aliphatic rings. The first-order valence-electron chi connectivity index (χ1n) is 20.1. The van der Waals surface area contributed by atoms with E-state index in [1.807, 2.05) is 6.20 Å². The molecule has 0 bridgehead atoms. The molecule has 2 aliphatic heterocycles. The lowest BCUT2D eigenvalue weighted by Crippen LogP contribution is -2.61. The van der Waals surface area contributed by atoms with E-state index in [-0.39, 0.29) is 12.1 Å². The number of aromatic nitrogens is 1. The number of aryl methyl sites for hydroxylation is 2. The summed E-state index contributed by atoms with van der Waals surface area (Å²) in [5, 5.41) is 0. The molecule has 7 aromatic carbocycles. The number of pyridine rings is 1. The van der Waals surface area contributed by atoms with Crippen LogP contribution in [0, 0.1) is 0 Å². The molecule has 0 radical (unpaired) electrons. The zero-order valence-corrected chi connectivity index (χ0v) is 32.0. The summed E-state index contributed by atoms with van der Waals surface area (Å²) >= 11 is 0. The predicted molar refractivity (Wildman–Crippen MR) is 238 cm³/mol. The number of rotatable bonds is 5. The number of benzene rings is 7. The van der Waals surface area contributed by atoms with Crippen LogP contribution in [0.15, 0.2) is 176 Å². The molecule has 0 N–H and O–H groups in total. The van der Waals surface area contributed by atoms with Gasteiger partial charge in [-0.25, -0.2) is 0 Å². The minimum atomic E-state index is -0.236. The monoisotopic (exact) mass is 730 g/mol. The number of anilines is 9. The molecule has 12 rings (SSSR count). The Labute approximate surface area is 334 Å². The molecule has 0 saturated carbocycles. The molecule has 0 amide bonds. The van der Waals surface area contributed by atoms with E-state index in [1.165, 1.54) is 78.9 Å². The fourth-order valence-electron chi connectivity index (χ4n) is 10.2. The van der Waals surface area contributed by atoms with Crippen LogP contribution in [0.25, 0.3) is 11.1 Å². The van der Waals surface area contributed by atoms with Crippen molar-refractivity contribution in [3.05, 3.63) is 198 Å². The lowest BCUT2D eigenvalue weighted by atomic mass is 9.33. The highest BCUT2D eigenvalue weighted by Gasteiger charge is 2.46. The largest absolute Gasteiger partial charge is 0.311 e. The summed E-state index contributed by atoms with van der Waals surface area (Å²) in [5.41, 5.74) is 22.6. The summed E-state index contributed by atoms with van der Waals surface area (Å²) in [6, 6.07) is 60.7. The van der Waals surface area contributed by atoms with Crippen molar-refractivity contribution < 1.29 is 0 Å². The molecule has 270 valence electrons. The van der Waals surface area contributed by atoms with Gasteiger partial charge in [-0.05, 0) is 148 Å². The summed E-state index contributed by atoms with van der Waals surface area (Å²) < 4.78 is 0. The Morgan fingerprint density at radius 2 is 1.18 bits per heavy atom. The molecule has 0 spiro atoms. The zero-order chi connectivity index (χ0) is 37.8. The van der Waals surface area contributed by atoms with Gasteiger partial charge in [0.2, 0.25) is 0 Å². The topological polar surface area (TPSA) is 22.6 Å². The van der Waals surface area contributed by atoms with E-state index in [0.29, 0.717) is 0 Å². The average molecular weight is 731 g/mol.